The molecule has 2 aromatic rings. The Morgan fingerprint density at radius 3 is 2.81 bits per heavy atom. The summed E-state index contributed by atoms with van der Waals surface area (Å²) in [5.74, 6) is 0.0245. The zero-order valence-corrected chi connectivity index (χ0v) is 16.7. The molecule has 0 spiro atoms. The number of likely N-dealkylation sites (N-methyl/N-ethyl adjacent to an activating group) is 1. The van der Waals surface area contributed by atoms with E-state index in [0.29, 0.717) is 39.1 Å². The molecule has 0 bridgehead atoms. The van der Waals surface area contributed by atoms with Crippen LogP contribution in [0.3, 0.4) is 0 Å². The maximum atomic E-state index is 13.0. The van der Waals surface area contributed by atoms with Gasteiger partial charge in [-0.25, -0.2) is 0 Å². The molecule has 1 aliphatic heterocycles. The molecule has 5 nitrogen and oxygen atoms in total. The number of ether oxygens (including phenoxy) is 1. The average Bonchev–Trinajstić information content (AvgIpc) is 3.23. The van der Waals surface area contributed by atoms with Gasteiger partial charge in [0.15, 0.2) is 0 Å². The summed E-state index contributed by atoms with van der Waals surface area (Å²) < 4.78 is 5.04. The number of nitrogens with zero attached hydrogens (tertiary/aromatic N) is 2. The summed E-state index contributed by atoms with van der Waals surface area (Å²) in [5, 5.41) is 2.06. The molecule has 144 valence electrons. The van der Waals surface area contributed by atoms with Crippen molar-refractivity contribution in [3.8, 4) is 10.4 Å². The molecule has 1 fully saturated rings. The van der Waals surface area contributed by atoms with Crippen LogP contribution in [0.2, 0.25) is 0 Å². The molecule has 0 aliphatic carbocycles. The number of hydrogen-bond acceptors (Lipinski definition) is 4. The van der Waals surface area contributed by atoms with Gasteiger partial charge >= 0.3 is 0 Å². The highest BCUT2D eigenvalue weighted by Crippen LogP contribution is 2.26. The van der Waals surface area contributed by atoms with E-state index in [4.69, 9.17) is 4.74 Å². The van der Waals surface area contributed by atoms with Gasteiger partial charge in [-0.15, -0.1) is 11.3 Å². The van der Waals surface area contributed by atoms with E-state index < -0.39 is 6.04 Å². The number of carbonyl (C=O) groups excluding carboxylic acids is 2. The third-order valence-corrected chi connectivity index (χ3v) is 5.89. The number of amides is 2. The summed E-state index contributed by atoms with van der Waals surface area (Å²) in [6, 6.07) is 11.9. The molecule has 3 rings (SSSR count). The third kappa shape index (κ3) is 4.57. The maximum Gasteiger partial charge on any atom is 0.245 e. The minimum atomic E-state index is -0.443. The Hall–Kier alpha value is -2.18. The Bertz CT molecular complexity index is 775. The van der Waals surface area contributed by atoms with Crippen molar-refractivity contribution in [2.45, 2.75) is 25.8 Å². The molecule has 1 atom stereocenters. The average molecular weight is 387 g/mol. The highest BCUT2D eigenvalue weighted by Gasteiger charge is 2.36. The van der Waals surface area contributed by atoms with E-state index >= 15 is 0 Å². The van der Waals surface area contributed by atoms with Crippen LogP contribution in [-0.2, 0) is 20.7 Å². The highest BCUT2D eigenvalue weighted by atomic mass is 32.1. The number of thiophene rings is 1. The first-order valence-corrected chi connectivity index (χ1v) is 10.2. The van der Waals surface area contributed by atoms with Gasteiger partial charge in [-0.1, -0.05) is 30.3 Å². The van der Waals surface area contributed by atoms with Crippen molar-refractivity contribution < 1.29 is 14.3 Å². The molecule has 27 heavy (non-hydrogen) atoms. The molecule has 0 saturated carbocycles. The van der Waals surface area contributed by atoms with E-state index in [1.54, 1.807) is 23.3 Å². The van der Waals surface area contributed by atoms with E-state index in [-0.39, 0.29) is 11.8 Å². The molecule has 1 unspecified atom stereocenters. The zero-order chi connectivity index (χ0) is 19.2. The van der Waals surface area contributed by atoms with Crippen molar-refractivity contribution in [1.29, 1.82) is 0 Å². The Morgan fingerprint density at radius 2 is 2.11 bits per heavy atom. The monoisotopic (exact) mass is 386 g/mol. The first kappa shape index (κ1) is 19.6. The van der Waals surface area contributed by atoms with Crippen LogP contribution in [-0.4, -0.2) is 61.0 Å². The summed E-state index contributed by atoms with van der Waals surface area (Å²) in [6.07, 6.45) is 0.842. The first-order valence-electron chi connectivity index (χ1n) is 9.34. The van der Waals surface area contributed by atoms with Crippen LogP contribution in [0, 0.1) is 0 Å². The van der Waals surface area contributed by atoms with Gasteiger partial charge in [0.05, 0.1) is 13.0 Å². The Balaban J connectivity index is 1.82. The second kappa shape index (κ2) is 9.15. The fourth-order valence-corrected chi connectivity index (χ4v) is 4.22. The summed E-state index contributed by atoms with van der Waals surface area (Å²) in [7, 11) is 1.58. The second-order valence-corrected chi connectivity index (χ2v) is 7.59. The van der Waals surface area contributed by atoms with Gasteiger partial charge in [0, 0.05) is 38.0 Å². The van der Waals surface area contributed by atoms with E-state index in [0.717, 1.165) is 11.1 Å². The molecule has 1 aromatic heterocycles. The van der Waals surface area contributed by atoms with Crippen molar-refractivity contribution in [1.82, 2.24) is 9.80 Å². The minimum Gasteiger partial charge on any atom is -0.384 e. The second-order valence-electron chi connectivity index (χ2n) is 6.65. The Labute approximate surface area is 164 Å². The number of benzene rings is 1. The van der Waals surface area contributed by atoms with Crippen molar-refractivity contribution >= 4 is 23.2 Å². The molecule has 2 amide bonds. The van der Waals surface area contributed by atoms with Crippen LogP contribution >= 0.6 is 11.3 Å². The van der Waals surface area contributed by atoms with Crippen LogP contribution in [0.15, 0.2) is 41.8 Å². The molecular weight excluding hydrogens is 360 g/mol. The van der Waals surface area contributed by atoms with Crippen LogP contribution in [0.4, 0.5) is 0 Å². The SMILES string of the molecule is CCN1CCN(C(=O)CCOC)C(Cc2cccc(-c3cccs3)c2)C1=O. The molecule has 2 heterocycles. The standard InChI is InChI=1S/C21H26N2O3S/c1-3-22-10-11-23(20(24)9-12-26-2)18(21(22)25)15-16-6-4-7-17(14-16)19-8-5-13-27-19/h4-8,13-14,18H,3,9-12,15H2,1-2H3. The van der Waals surface area contributed by atoms with Crippen molar-refractivity contribution in [2.75, 3.05) is 33.4 Å². The summed E-state index contributed by atoms with van der Waals surface area (Å²) in [6.45, 7) is 4.21. The minimum absolute atomic E-state index is 0.0136. The van der Waals surface area contributed by atoms with E-state index in [1.807, 2.05) is 30.0 Å². The van der Waals surface area contributed by atoms with Crippen molar-refractivity contribution in [3.63, 3.8) is 0 Å². The number of carbonyl (C=O) groups is 2. The molecule has 0 N–H and O–H groups in total. The van der Waals surface area contributed by atoms with E-state index in [1.165, 1.54) is 4.88 Å². The molecule has 0 radical (unpaired) electrons. The normalized spacial score (nSPS) is 17.4. The van der Waals surface area contributed by atoms with Gasteiger partial charge in [0.2, 0.25) is 11.8 Å². The summed E-state index contributed by atoms with van der Waals surface area (Å²) >= 11 is 1.70. The van der Waals surface area contributed by atoms with Crippen molar-refractivity contribution in [2.24, 2.45) is 0 Å². The first-order chi connectivity index (χ1) is 13.1. The van der Waals surface area contributed by atoms with Gasteiger partial charge in [0.1, 0.15) is 6.04 Å². The predicted octanol–water partition coefficient (Wildman–Crippen LogP) is 3.05. The van der Waals surface area contributed by atoms with Crippen LogP contribution in [0.5, 0.6) is 0 Å². The third-order valence-electron chi connectivity index (χ3n) is 4.97. The highest BCUT2D eigenvalue weighted by molar-refractivity contribution is 7.13. The smallest absolute Gasteiger partial charge is 0.245 e. The van der Waals surface area contributed by atoms with Gasteiger partial charge in [-0.3, -0.25) is 9.59 Å². The lowest BCUT2D eigenvalue weighted by molar-refractivity contribution is -0.151. The van der Waals surface area contributed by atoms with Crippen molar-refractivity contribution in [3.05, 3.63) is 47.3 Å². The maximum absolute atomic E-state index is 13.0. The van der Waals surface area contributed by atoms with Gasteiger partial charge in [0.25, 0.3) is 0 Å². The van der Waals surface area contributed by atoms with Crippen LogP contribution < -0.4 is 0 Å². The van der Waals surface area contributed by atoms with Gasteiger partial charge in [-0.05, 0) is 29.5 Å². The summed E-state index contributed by atoms with van der Waals surface area (Å²) in [4.78, 5) is 30.4. The van der Waals surface area contributed by atoms with Crippen LogP contribution in [0.1, 0.15) is 18.9 Å². The zero-order valence-electron chi connectivity index (χ0n) is 15.9. The lowest BCUT2D eigenvalue weighted by atomic mass is 9.98. The molecule has 1 saturated heterocycles. The fraction of sp³-hybridized carbons (Fsp3) is 0.429. The predicted molar refractivity (Wildman–Crippen MR) is 108 cm³/mol. The lowest BCUT2D eigenvalue weighted by Gasteiger charge is -2.40. The van der Waals surface area contributed by atoms with Gasteiger partial charge in [-0.2, -0.15) is 0 Å². The molecule has 6 heteroatoms. The Kier molecular flexibility index (Phi) is 6.63. The number of rotatable bonds is 7. The van der Waals surface area contributed by atoms with E-state index in [2.05, 4.69) is 23.6 Å². The molecule has 1 aliphatic rings. The molecule has 1 aromatic carbocycles. The Morgan fingerprint density at radius 1 is 1.26 bits per heavy atom. The molecular formula is C21H26N2O3S. The number of hydrogen-bond donors (Lipinski definition) is 0. The lowest BCUT2D eigenvalue weighted by Crippen LogP contribution is -2.59. The van der Waals surface area contributed by atoms with Gasteiger partial charge < -0.3 is 14.5 Å². The van der Waals surface area contributed by atoms with E-state index in [9.17, 15) is 9.59 Å². The quantitative estimate of drug-likeness (QED) is 0.735. The van der Waals surface area contributed by atoms with Crippen LogP contribution in [0.25, 0.3) is 10.4 Å². The number of methoxy groups -OCH3 is 1. The topological polar surface area (TPSA) is 49.9 Å². The number of piperazine rings is 1. The summed E-state index contributed by atoms with van der Waals surface area (Å²) in [5.41, 5.74) is 2.22. The fourth-order valence-electron chi connectivity index (χ4n) is 3.50. The largest absolute Gasteiger partial charge is 0.384 e.